The van der Waals surface area contributed by atoms with Gasteiger partial charge in [0.2, 0.25) is 0 Å². The summed E-state index contributed by atoms with van der Waals surface area (Å²) in [6.07, 6.45) is 3.23. The lowest BCUT2D eigenvalue weighted by molar-refractivity contribution is 0.402. The topological polar surface area (TPSA) is 19.4 Å². The normalized spacial score (nSPS) is 13.9. The van der Waals surface area contributed by atoms with Crippen LogP contribution in [0.4, 0.5) is 34.1 Å². The fourth-order valence-electron chi connectivity index (χ4n) is 8.64. The quantitative estimate of drug-likeness (QED) is 0.106. The molecule has 0 bridgehead atoms. The average molecular weight is 884 g/mol. The first-order valence-electron chi connectivity index (χ1n) is 21.4. The van der Waals surface area contributed by atoms with Gasteiger partial charge in [-0.05, 0) is 182 Å². The third kappa shape index (κ3) is 9.07. The Hall–Kier alpha value is -4.06. The summed E-state index contributed by atoms with van der Waals surface area (Å²) < 4.78 is 0. The number of hydrogen-bond acceptors (Lipinski definition) is 9. The molecule has 0 saturated carbocycles. The molecule has 6 aromatic carbocycles. The van der Waals surface area contributed by atoms with Crippen molar-refractivity contribution in [3.63, 3.8) is 0 Å². The zero-order valence-electron chi connectivity index (χ0n) is 36.1. The van der Waals surface area contributed by atoms with Crippen LogP contribution in [0.15, 0.2) is 145 Å². The van der Waals surface area contributed by atoms with Crippen molar-refractivity contribution < 1.29 is 0 Å². The van der Waals surface area contributed by atoms with Gasteiger partial charge < -0.3 is 29.4 Å². The fraction of sp³-hybridized carbons (Fsp3) is 0.294. The van der Waals surface area contributed by atoms with Crippen LogP contribution in [0.5, 0.6) is 0 Å². The van der Waals surface area contributed by atoms with Gasteiger partial charge in [0, 0.05) is 54.0 Å². The number of rotatable bonds is 14. The average Bonchev–Trinajstić information content (AvgIpc) is 3.24. The lowest BCUT2D eigenvalue weighted by Gasteiger charge is -2.35. The highest BCUT2D eigenvalue weighted by atomic mass is 35.5. The summed E-state index contributed by atoms with van der Waals surface area (Å²) in [6, 6.07) is 43.5. The maximum absolute atomic E-state index is 6.55. The van der Waals surface area contributed by atoms with Crippen LogP contribution in [0.2, 0.25) is 5.02 Å². The van der Waals surface area contributed by atoms with Gasteiger partial charge in [-0.25, -0.2) is 0 Å². The van der Waals surface area contributed by atoms with Gasteiger partial charge >= 0.3 is 0 Å². The van der Waals surface area contributed by atoms with Crippen LogP contribution >= 0.6 is 46.9 Å². The van der Waals surface area contributed by atoms with E-state index in [1.54, 1.807) is 0 Å². The number of hydrogen-bond donors (Lipinski definition) is 0. The highest BCUT2D eigenvalue weighted by Gasteiger charge is 2.28. The molecule has 0 aliphatic carbocycles. The van der Waals surface area contributed by atoms with Crippen molar-refractivity contribution in [3.8, 4) is 22.3 Å². The monoisotopic (exact) mass is 882 g/mol. The second-order valence-corrected chi connectivity index (χ2v) is 20.7. The molecule has 0 radical (unpaired) electrons. The highest BCUT2D eigenvalue weighted by Crippen LogP contribution is 2.54. The molecule has 0 aromatic heterocycles. The molecule has 6 aromatic rings. The molecule has 314 valence electrons. The lowest BCUT2D eigenvalue weighted by Crippen LogP contribution is -2.25. The molecule has 0 amide bonds. The third-order valence-corrected chi connectivity index (χ3v) is 15.2. The van der Waals surface area contributed by atoms with Crippen LogP contribution in [0.3, 0.4) is 0 Å². The van der Waals surface area contributed by atoms with Crippen LogP contribution in [0.25, 0.3) is 22.3 Å². The Morgan fingerprint density at radius 3 is 1.21 bits per heavy atom. The summed E-state index contributed by atoms with van der Waals surface area (Å²) in [5, 5.41) is 0.777. The van der Waals surface area contributed by atoms with Crippen LogP contribution in [0.1, 0.15) is 19.3 Å². The molecule has 6 nitrogen and oxygen atoms in total. The molecule has 0 unspecified atom stereocenters. The van der Waals surface area contributed by atoms with E-state index in [0.717, 1.165) is 63.6 Å². The summed E-state index contributed by atoms with van der Waals surface area (Å²) in [5.41, 5.74) is 12.6. The minimum Gasteiger partial charge on any atom is -0.340 e. The van der Waals surface area contributed by atoms with Crippen molar-refractivity contribution in [2.75, 3.05) is 96.3 Å². The van der Waals surface area contributed by atoms with Gasteiger partial charge in [0.05, 0.1) is 34.1 Å². The Morgan fingerprint density at radius 1 is 0.377 bits per heavy atom. The van der Waals surface area contributed by atoms with E-state index in [-0.39, 0.29) is 0 Å². The molecule has 3 heterocycles. The van der Waals surface area contributed by atoms with Crippen LogP contribution in [-0.4, -0.2) is 96.3 Å². The number of para-hydroxylation sites is 1. The molecule has 9 rings (SSSR count). The van der Waals surface area contributed by atoms with Crippen molar-refractivity contribution in [2.45, 2.75) is 48.6 Å². The van der Waals surface area contributed by atoms with Gasteiger partial charge in [-0.15, -0.1) is 0 Å². The number of fused-ring (bicyclic) bond motifs is 6. The van der Waals surface area contributed by atoms with Gasteiger partial charge in [-0.2, -0.15) is 0 Å². The molecule has 3 aliphatic rings. The number of halogens is 1. The molecule has 61 heavy (non-hydrogen) atoms. The van der Waals surface area contributed by atoms with Gasteiger partial charge in [-0.3, -0.25) is 0 Å². The molecule has 3 aliphatic heterocycles. The van der Waals surface area contributed by atoms with Crippen molar-refractivity contribution >= 4 is 81.0 Å². The van der Waals surface area contributed by atoms with E-state index in [4.69, 9.17) is 11.6 Å². The Balaban J connectivity index is 1.03. The molecule has 0 fully saturated rings. The molecule has 0 spiro atoms. The zero-order chi connectivity index (χ0) is 42.2. The summed E-state index contributed by atoms with van der Waals surface area (Å²) in [4.78, 5) is 22.2. The standard InChI is InChI=1S/C51H55ClN6S3/c1-53(2)24-9-27-56-40-12-7-8-13-46(40)59-47-21-16-35(30-43(47)56)37-14-19-41-50(32-37)60-48-22-17-36(31-44(48)57(41)28-10-25-54(3)4)38-15-20-42-51(33-38)61-49-23-18-39(52)34-45(49)58(42)29-11-26-55(5)6/h7-8,12-23,30-34H,9-11,24-29H2,1-6H3. The highest BCUT2D eigenvalue weighted by molar-refractivity contribution is 8.00. The van der Waals surface area contributed by atoms with Crippen molar-refractivity contribution in [3.05, 3.63) is 120 Å². The smallest absolute Gasteiger partial charge is 0.0567 e. The first-order chi connectivity index (χ1) is 29.6. The Bertz CT molecular complexity index is 2560. The maximum Gasteiger partial charge on any atom is 0.0567 e. The third-order valence-electron chi connectivity index (χ3n) is 11.7. The zero-order valence-corrected chi connectivity index (χ0v) is 39.3. The molecule has 0 atom stereocenters. The molecule has 10 heteroatoms. The van der Waals surface area contributed by atoms with E-state index in [0.29, 0.717) is 0 Å². The Labute approximate surface area is 380 Å². The summed E-state index contributed by atoms with van der Waals surface area (Å²) in [5.74, 6) is 0. The van der Waals surface area contributed by atoms with E-state index in [1.165, 1.54) is 85.8 Å². The predicted molar refractivity (Wildman–Crippen MR) is 265 cm³/mol. The van der Waals surface area contributed by atoms with Gasteiger partial charge in [0.1, 0.15) is 0 Å². The van der Waals surface area contributed by atoms with E-state index in [2.05, 4.69) is 181 Å². The maximum atomic E-state index is 6.55. The van der Waals surface area contributed by atoms with Crippen LogP contribution in [0, 0.1) is 0 Å². The fourth-order valence-corrected chi connectivity index (χ4v) is 12.1. The number of anilines is 6. The van der Waals surface area contributed by atoms with E-state index < -0.39 is 0 Å². The molecule has 0 N–H and O–H groups in total. The van der Waals surface area contributed by atoms with Crippen LogP contribution in [-0.2, 0) is 0 Å². The first-order valence-corrected chi connectivity index (χ1v) is 24.2. The van der Waals surface area contributed by atoms with E-state index >= 15 is 0 Å². The van der Waals surface area contributed by atoms with Gasteiger partial charge in [0.25, 0.3) is 0 Å². The molecule has 0 saturated heterocycles. The summed E-state index contributed by atoms with van der Waals surface area (Å²) in [7, 11) is 12.9. The summed E-state index contributed by atoms with van der Waals surface area (Å²) in [6.45, 7) is 6.00. The van der Waals surface area contributed by atoms with Crippen LogP contribution < -0.4 is 14.7 Å². The molecular weight excluding hydrogens is 828 g/mol. The van der Waals surface area contributed by atoms with E-state index in [9.17, 15) is 0 Å². The predicted octanol–water partition coefficient (Wildman–Crippen LogP) is 13.3. The van der Waals surface area contributed by atoms with Crippen molar-refractivity contribution in [2.24, 2.45) is 0 Å². The minimum atomic E-state index is 0.777. The second-order valence-electron chi connectivity index (χ2n) is 17.0. The second kappa shape index (κ2) is 18.3. The number of benzene rings is 6. The van der Waals surface area contributed by atoms with Gasteiger partial charge in [0.15, 0.2) is 0 Å². The van der Waals surface area contributed by atoms with Gasteiger partial charge in [-0.1, -0.05) is 83.3 Å². The van der Waals surface area contributed by atoms with Crippen molar-refractivity contribution in [1.82, 2.24) is 14.7 Å². The largest absolute Gasteiger partial charge is 0.340 e. The first kappa shape index (κ1) is 42.3. The number of nitrogens with zero attached hydrogens (tertiary/aromatic N) is 6. The Kier molecular flexibility index (Phi) is 12.7. The van der Waals surface area contributed by atoms with Crippen molar-refractivity contribution in [1.29, 1.82) is 0 Å². The molecular formula is C51H55ClN6S3. The summed E-state index contributed by atoms with van der Waals surface area (Å²) >= 11 is 12.2. The SMILES string of the molecule is CN(C)CCCN1c2ccc(-c3ccc4c(c3)N(CCCN(C)C)c3ccc(-c5ccc6c(c5)N(CCCN(C)C)c5ccccc5S6)cc3S4)cc2Sc2ccc(Cl)cc21. The lowest BCUT2D eigenvalue weighted by atomic mass is 10.0. The minimum absolute atomic E-state index is 0.777. The van der Waals surface area contributed by atoms with E-state index in [1.807, 2.05) is 41.4 Å². The Morgan fingerprint density at radius 2 is 0.738 bits per heavy atom.